The molecule has 1 saturated carbocycles. The van der Waals surface area contributed by atoms with Crippen molar-refractivity contribution in [3.63, 3.8) is 0 Å². The van der Waals surface area contributed by atoms with Gasteiger partial charge in [0, 0.05) is 18.5 Å². The molecule has 1 atom stereocenters. The zero-order valence-electron chi connectivity index (χ0n) is 11.4. The van der Waals surface area contributed by atoms with Crippen LogP contribution in [0, 0.1) is 11.8 Å². The van der Waals surface area contributed by atoms with Gasteiger partial charge in [0.2, 0.25) is 5.91 Å². The van der Waals surface area contributed by atoms with Crippen molar-refractivity contribution in [1.82, 2.24) is 5.32 Å². The summed E-state index contributed by atoms with van der Waals surface area (Å²) in [5.41, 5.74) is 5.51. The highest BCUT2D eigenvalue weighted by molar-refractivity contribution is 5.79. The van der Waals surface area contributed by atoms with E-state index in [2.05, 4.69) is 12.2 Å². The maximum Gasteiger partial charge on any atom is 0.223 e. The first-order valence-electron chi connectivity index (χ1n) is 7.17. The molecule has 0 aliphatic heterocycles. The molecule has 0 aromatic carbocycles. The van der Waals surface area contributed by atoms with Gasteiger partial charge in [-0.3, -0.25) is 4.79 Å². The van der Waals surface area contributed by atoms with Crippen molar-refractivity contribution in [2.24, 2.45) is 17.6 Å². The fourth-order valence-electron chi connectivity index (χ4n) is 2.63. The molecule has 100 valence electrons. The van der Waals surface area contributed by atoms with E-state index in [0.717, 1.165) is 18.8 Å². The molecule has 0 radical (unpaired) electrons. The van der Waals surface area contributed by atoms with Gasteiger partial charge in [-0.25, -0.2) is 0 Å². The van der Waals surface area contributed by atoms with Crippen molar-refractivity contribution in [3.8, 4) is 0 Å². The van der Waals surface area contributed by atoms with Crippen LogP contribution < -0.4 is 11.1 Å². The summed E-state index contributed by atoms with van der Waals surface area (Å²) in [6, 6.07) is 0.111. The molecule has 0 unspecified atom stereocenters. The van der Waals surface area contributed by atoms with E-state index in [1.54, 1.807) is 0 Å². The van der Waals surface area contributed by atoms with E-state index < -0.39 is 0 Å². The predicted octanol–water partition coefficient (Wildman–Crippen LogP) is 2.45. The van der Waals surface area contributed by atoms with Gasteiger partial charge >= 0.3 is 0 Å². The van der Waals surface area contributed by atoms with Gasteiger partial charge in [-0.1, -0.05) is 26.2 Å². The summed E-state index contributed by atoms with van der Waals surface area (Å²) >= 11 is 0. The van der Waals surface area contributed by atoms with E-state index in [4.69, 9.17) is 5.73 Å². The minimum atomic E-state index is 0.111. The second-order valence-corrected chi connectivity index (χ2v) is 5.51. The Morgan fingerprint density at radius 2 is 2.00 bits per heavy atom. The number of carbonyl (C=O) groups is 1. The van der Waals surface area contributed by atoms with E-state index >= 15 is 0 Å². The Labute approximate surface area is 106 Å². The van der Waals surface area contributed by atoms with Gasteiger partial charge in [0.15, 0.2) is 0 Å². The number of unbranched alkanes of at least 4 members (excludes halogenated alkanes) is 1. The first-order valence-corrected chi connectivity index (χ1v) is 7.17. The molecule has 3 nitrogen and oxygen atoms in total. The van der Waals surface area contributed by atoms with Crippen LogP contribution in [-0.4, -0.2) is 18.5 Å². The van der Waals surface area contributed by atoms with Gasteiger partial charge in [-0.2, -0.15) is 0 Å². The van der Waals surface area contributed by atoms with E-state index in [-0.39, 0.29) is 17.9 Å². The lowest BCUT2D eigenvalue weighted by Crippen LogP contribution is -2.42. The van der Waals surface area contributed by atoms with Crippen molar-refractivity contribution in [2.45, 2.75) is 64.8 Å². The van der Waals surface area contributed by atoms with Crippen LogP contribution in [0.4, 0.5) is 0 Å². The number of nitrogens with two attached hydrogens (primary N) is 1. The summed E-state index contributed by atoms with van der Waals surface area (Å²) in [5.74, 6) is 1.32. The summed E-state index contributed by atoms with van der Waals surface area (Å²) in [5, 5.41) is 2.99. The van der Waals surface area contributed by atoms with E-state index in [0.29, 0.717) is 6.54 Å². The van der Waals surface area contributed by atoms with Crippen molar-refractivity contribution >= 4 is 5.91 Å². The normalized spacial score (nSPS) is 26.5. The smallest absolute Gasteiger partial charge is 0.223 e. The third-order valence-electron chi connectivity index (χ3n) is 3.93. The van der Waals surface area contributed by atoms with Crippen LogP contribution in [0.3, 0.4) is 0 Å². The number of carbonyl (C=O) groups excluding carboxylic acids is 1. The van der Waals surface area contributed by atoms with Crippen molar-refractivity contribution in [2.75, 3.05) is 6.54 Å². The number of hydrogen-bond donors (Lipinski definition) is 2. The Hall–Kier alpha value is -0.570. The molecule has 1 amide bonds. The maximum atomic E-state index is 11.9. The molecule has 3 N–H and O–H groups in total. The van der Waals surface area contributed by atoms with Gasteiger partial charge in [0.1, 0.15) is 0 Å². The van der Waals surface area contributed by atoms with Crippen LogP contribution in [0.1, 0.15) is 58.8 Å². The predicted molar refractivity (Wildman–Crippen MR) is 71.6 cm³/mol. The second kappa shape index (κ2) is 7.70. The Morgan fingerprint density at radius 3 is 2.53 bits per heavy atom. The Morgan fingerprint density at radius 1 is 1.35 bits per heavy atom. The van der Waals surface area contributed by atoms with Gasteiger partial charge in [-0.15, -0.1) is 0 Å². The van der Waals surface area contributed by atoms with Crippen LogP contribution in [0.5, 0.6) is 0 Å². The molecule has 0 heterocycles. The molecule has 0 spiro atoms. The van der Waals surface area contributed by atoms with Gasteiger partial charge in [0.05, 0.1) is 0 Å². The monoisotopic (exact) mass is 240 g/mol. The van der Waals surface area contributed by atoms with Gasteiger partial charge < -0.3 is 11.1 Å². The maximum absolute atomic E-state index is 11.9. The molecular formula is C14H28N2O. The lowest BCUT2D eigenvalue weighted by atomic mass is 9.79. The summed E-state index contributed by atoms with van der Waals surface area (Å²) in [7, 11) is 0. The Balaban J connectivity index is 2.24. The molecule has 17 heavy (non-hydrogen) atoms. The number of nitrogens with one attached hydrogen (secondary N) is 1. The molecule has 0 aromatic heterocycles. The van der Waals surface area contributed by atoms with Crippen LogP contribution in [0.2, 0.25) is 0 Å². The highest BCUT2D eigenvalue weighted by atomic mass is 16.1. The number of amides is 1. The summed E-state index contributed by atoms with van der Waals surface area (Å²) in [6.07, 6.45) is 8.57. The molecule has 3 heteroatoms. The molecule has 0 saturated heterocycles. The quantitative estimate of drug-likeness (QED) is 0.749. The second-order valence-electron chi connectivity index (χ2n) is 5.51. The molecule has 1 rings (SSSR count). The fraction of sp³-hybridized carbons (Fsp3) is 0.929. The van der Waals surface area contributed by atoms with Crippen LogP contribution in [0.15, 0.2) is 0 Å². The number of rotatable bonds is 6. The van der Waals surface area contributed by atoms with Gasteiger partial charge in [0.25, 0.3) is 0 Å². The zero-order chi connectivity index (χ0) is 12.7. The third-order valence-corrected chi connectivity index (χ3v) is 3.93. The highest BCUT2D eigenvalue weighted by Gasteiger charge is 2.26. The molecular weight excluding hydrogens is 212 g/mol. The SMILES string of the molecule is CCCCC1CCC(C(=O)N[C@H](C)CN)CC1. The van der Waals surface area contributed by atoms with Crippen molar-refractivity contribution < 1.29 is 4.79 Å². The molecule has 1 fully saturated rings. The molecule has 0 bridgehead atoms. The lowest BCUT2D eigenvalue weighted by Gasteiger charge is -2.28. The summed E-state index contributed by atoms with van der Waals surface area (Å²) < 4.78 is 0. The highest BCUT2D eigenvalue weighted by Crippen LogP contribution is 2.31. The van der Waals surface area contributed by atoms with Crippen LogP contribution in [0.25, 0.3) is 0 Å². The van der Waals surface area contributed by atoms with E-state index in [1.807, 2.05) is 6.92 Å². The van der Waals surface area contributed by atoms with Gasteiger partial charge in [-0.05, 0) is 38.5 Å². The summed E-state index contributed by atoms with van der Waals surface area (Å²) in [4.78, 5) is 11.9. The lowest BCUT2D eigenvalue weighted by molar-refractivity contribution is -0.126. The minimum Gasteiger partial charge on any atom is -0.352 e. The zero-order valence-corrected chi connectivity index (χ0v) is 11.4. The van der Waals surface area contributed by atoms with Crippen LogP contribution >= 0.6 is 0 Å². The Kier molecular flexibility index (Phi) is 6.56. The van der Waals surface area contributed by atoms with E-state index in [9.17, 15) is 4.79 Å². The molecule has 1 aliphatic carbocycles. The van der Waals surface area contributed by atoms with Crippen molar-refractivity contribution in [1.29, 1.82) is 0 Å². The molecule has 0 aromatic rings. The fourth-order valence-corrected chi connectivity index (χ4v) is 2.63. The standard InChI is InChI=1S/C14H28N2O/c1-3-4-5-12-6-8-13(9-7-12)14(17)16-11(2)10-15/h11-13H,3-10,15H2,1-2H3,(H,16,17)/t11-,12?,13?/m1/s1. The number of hydrogen-bond acceptors (Lipinski definition) is 2. The van der Waals surface area contributed by atoms with E-state index in [1.165, 1.54) is 32.1 Å². The first-order chi connectivity index (χ1) is 8.17. The van der Waals surface area contributed by atoms with Crippen molar-refractivity contribution in [3.05, 3.63) is 0 Å². The Bertz CT molecular complexity index is 222. The van der Waals surface area contributed by atoms with Crippen LogP contribution in [-0.2, 0) is 4.79 Å². The largest absolute Gasteiger partial charge is 0.352 e. The molecule has 1 aliphatic rings. The topological polar surface area (TPSA) is 55.1 Å². The third kappa shape index (κ3) is 5.07. The average Bonchev–Trinajstić information content (AvgIpc) is 2.36. The average molecular weight is 240 g/mol. The minimum absolute atomic E-state index is 0.111. The summed E-state index contributed by atoms with van der Waals surface area (Å²) in [6.45, 7) is 4.73. The first kappa shape index (κ1) is 14.5.